The van der Waals surface area contributed by atoms with Crippen molar-refractivity contribution in [1.29, 1.82) is 0 Å². The summed E-state index contributed by atoms with van der Waals surface area (Å²) in [6.07, 6.45) is 1.00. The van der Waals surface area contributed by atoms with Gasteiger partial charge >= 0.3 is 0 Å². The van der Waals surface area contributed by atoms with Crippen LogP contribution in [0.25, 0.3) is 0 Å². The molecule has 1 unspecified atom stereocenters. The smallest absolute Gasteiger partial charge is 0.237 e. The number of nitrogens with zero attached hydrogens (tertiary/aromatic N) is 2. The minimum atomic E-state index is 0.0238. The maximum absolute atomic E-state index is 11.8. The highest BCUT2D eigenvalue weighted by atomic mass is 16.2. The fourth-order valence-corrected chi connectivity index (χ4v) is 2.64. The number of rotatable bonds is 5. The summed E-state index contributed by atoms with van der Waals surface area (Å²) in [4.78, 5) is 16.7. The van der Waals surface area contributed by atoms with Gasteiger partial charge in [0.25, 0.3) is 0 Å². The molecular formula is C13H26N4O. The molecule has 2 aliphatic rings. The second-order valence-electron chi connectivity index (χ2n) is 5.36. The zero-order chi connectivity index (χ0) is 13.0. The number of nitrogens with one attached hydrogen (secondary N) is 2. The van der Waals surface area contributed by atoms with E-state index in [0.717, 1.165) is 52.2 Å². The van der Waals surface area contributed by atoms with Gasteiger partial charge in [-0.15, -0.1) is 0 Å². The molecule has 104 valence electrons. The molecular weight excluding hydrogens is 228 g/mol. The highest BCUT2D eigenvalue weighted by Crippen LogP contribution is 2.18. The highest BCUT2D eigenvalue weighted by Gasteiger charge is 2.36. The van der Waals surface area contributed by atoms with Crippen LogP contribution in [-0.4, -0.2) is 73.6 Å². The predicted octanol–water partition coefficient (Wildman–Crippen LogP) is -0.509. The van der Waals surface area contributed by atoms with Crippen molar-refractivity contribution < 1.29 is 4.79 Å². The molecule has 5 heteroatoms. The van der Waals surface area contributed by atoms with Gasteiger partial charge in [-0.2, -0.15) is 0 Å². The van der Waals surface area contributed by atoms with Gasteiger partial charge in [-0.1, -0.05) is 6.92 Å². The second kappa shape index (κ2) is 6.50. The van der Waals surface area contributed by atoms with Gasteiger partial charge in [-0.3, -0.25) is 14.6 Å². The molecule has 5 nitrogen and oxygen atoms in total. The van der Waals surface area contributed by atoms with E-state index >= 15 is 0 Å². The van der Waals surface area contributed by atoms with E-state index in [-0.39, 0.29) is 11.9 Å². The Hall–Kier alpha value is -0.650. The lowest BCUT2D eigenvalue weighted by Gasteiger charge is -2.48. The topological polar surface area (TPSA) is 47.6 Å². The fourth-order valence-electron chi connectivity index (χ4n) is 2.64. The lowest BCUT2D eigenvalue weighted by Crippen LogP contribution is -2.66. The molecule has 18 heavy (non-hydrogen) atoms. The van der Waals surface area contributed by atoms with Crippen molar-refractivity contribution in [2.24, 2.45) is 0 Å². The molecule has 2 saturated heterocycles. The first-order valence-corrected chi connectivity index (χ1v) is 7.19. The molecule has 0 aliphatic carbocycles. The third-order valence-corrected chi connectivity index (χ3v) is 4.03. The van der Waals surface area contributed by atoms with Crippen molar-refractivity contribution in [2.75, 3.05) is 45.8 Å². The Kier molecular flexibility index (Phi) is 4.97. The molecule has 0 spiro atoms. The minimum absolute atomic E-state index is 0.0238. The maximum Gasteiger partial charge on any atom is 0.237 e. The van der Waals surface area contributed by atoms with Crippen LogP contribution in [0.3, 0.4) is 0 Å². The van der Waals surface area contributed by atoms with E-state index in [2.05, 4.69) is 27.4 Å². The van der Waals surface area contributed by atoms with E-state index in [1.807, 2.05) is 6.92 Å². The first-order valence-electron chi connectivity index (χ1n) is 7.19. The average Bonchev–Trinajstić information content (AvgIpc) is 2.35. The quantitative estimate of drug-likeness (QED) is 0.694. The average molecular weight is 254 g/mol. The van der Waals surface area contributed by atoms with Gasteiger partial charge in [0, 0.05) is 51.9 Å². The molecule has 0 aromatic rings. The SMILES string of the molecule is CCCNC(=O)C(C)N1CC(N2CCNCC2)C1. The molecule has 0 bridgehead atoms. The number of hydrogen-bond acceptors (Lipinski definition) is 4. The van der Waals surface area contributed by atoms with E-state index in [4.69, 9.17) is 0 Å². The van der Waals surface area contributed by atoms with Gasteiger partial charge in [0.05, 0.1) is 6.04 Å². The Balaban J connectivity index is 1.69. The molecule has 1 atom stereocenters. The van der Waals surface area contributed by atoms with E-state index < -0.39 is 0 Å². The van der Waals surface area contributed by atoms with Crippen LogP contribution in [0.4, 0.5) is 0 Å². The third kappa shape index (κ3) is 3.22. The van der Waals surface area contributed by atoms with Crippen LogP contribution in [0.5, 0.6) is 0 Å². The number of likely N-dealkylation sites (tertiary alicyclic amines) is 1. The van der Waals surface area contributed by atoms with E-state index in [1.54, 1.807) is 0 Å². The van der Waals surface area contributed by atoms with Gasteiger partial charge < -0.3 is 10.6 Å². The van der Waals surface area contributed by atoms with Gasteiger partial charge in [-0.25, -0.2) is 0 Å². The largest absolute Gasteiger partial charge is 0.355 e. The lowest BCUT2D eigenvalue weighted by molar-refractivity contribution is -0.129. The zero-order valence-corrected chi connectivity index (χ0v) is 11.6. The third-order valence-electron chi connectivity index (χ3n) is 4.03. The van der Waals surface area contributed by atoms with Crippen LogP contribution < -0.4 is 10.6 Å². The van der Waals surface area contributed by atoms with Crippen LogP contribution in [0, 0.1) is 0 Å². The molecule has 0 aromatic carbocycles. The van der Waals surface area contributed by atoms with E-state index in [0.29, 0.717) is 6.04 Å². The van der Waals surface area contributed by atoms with E-state index in [9.17, 15) is 4.79 Å². The van der Waals surface area contributed by atoms with Crippen molar-refractivity contribution in [1.82, 2.24) is 20.4 Å². The summed E-state index contributed by atoms with van der Waals surface area (Å²) in [6, 6.07) is 0.684. The Morgan fingerprint density at radius 3 is 2.67 bits per heavy atom. The standard InChI is InChI=1S/C13H26N4O/c1-3-4-15-13(18)11(2)17-9-12(10-17)16-7-5-14-6-8-16/h11-12,14H,3-10H2,1-2H3,(H,15,18). The molecule has 2 N–H and O–H groups in total. The number of carbonyl (C=O) groups excluding carboxylic acids is 1. The fraction of sp³-hybridized carbons (Fsp3) is 0.923. The molecule has 0 saturated carbocycles. The van der Waals surface area contributed by atoms with E-state index in [1.165, 1.54) is 0 Å². The summed E-state index contributed by atoms with van der Waals surface area (Å²) in [5.74, 6) is 0.176. The van der Waals surface area contributed by atoms with Crippen LogP contribution in [0.2, 0.25) is 0 Å². The summed E-state index contributed by atoms with van der Waals surface area (Å²) in [5, 5.41) is 6.35. The number of hydrogen-bond donors (Lipinski definition) is 2. The van der Waals surface area contributed by atoms with Gasteiger partial charge in [-0.05, 0) is 13.3 Å². The summed E-state index contributed by atoms with van der Waals surface area (Å²) in [5.41, 5.74) is 0. The maximum atomic E-state index is 11.8. The predicted molar refractivity (Wildman–Crippen MR) is 72.6 cm³/mol. The van der Waals surface area contributed by atoms with Crippen molar-refractivity contribution in [3.63, 3.8) is 0 Å². The number of carbonyl (C=O) groups is 1. The highest BCUT2D eigenvalue weighted by molar-refractivity contribution is 5.81. The Bertz CT molecular complexity index is 272. The molecule has 2 aliphatic heterocycles. The van der Waals surface area contributed by atoms with Gasteiger partial charge in [0.15, 0.2) is 0 Å². The first kappa shape index (κ1) is 13.8. The number of piperazine rings is 1. The normalized spacial score (nSPS) is 24.6. The zero-order valence-electron chi connectivity index (χ0n) is 11.6. The molecule has 2 fully saturated rings. The number of amides is 1. The Labute approximate surface area is 110 Å². The summed E-state index contributed by atoms with van der Waals surface area (Å²) in [6.45, 7) is 11.5. The molecule has 2 rings (SSSR count). The van der Waals surface area contributed by atoms with Crippen molar-refractivity contribution in [3.8, 4) is 0 Å². The van der Waals surface area contributed by atoms with Crippen LogP contribution in [0.1, 0.15) is 20.3 Å². The van der Waals surface area contributed by atoms with Gasteiger partial charge in [0.2, 0.25) is 5.91 Å². The van der Waals surface area contributed by atoms with Crippen molar-refractivity contribution in [3.05, 3.63) is 0 Å². The second-order valence-corrected chi connectivity index (χ2v) is 5.36. The molecule has 1 amide bonds. The van der Waals surface area contributed by atoms with Gasteiger partial charge in [0.1, 0.15) is 0 Å². The van der Waals surface area contributed by atoms with Crippen LogP contribution >= 0.6 is 0 Å². The first-order chi connectivity index (χ1) is 8.72. The van der Waals surface area contributed by atoms with Crippen molar-refractivity contribution in [2.45, 2.75) is 32.4 Å². The Morgan fingerprint density at radius 2 is 2.06 bits per heavy atom. The lowest BCUT2D eigenvalue weighted by atomic mass is 10.0. The summed E-state index contributed by atoms with van der Waals surface area (Å²) in [7, 11) is 0. The Morgan fingerprint density at radius 1 is 1.39 bits per heavy atom. The minimum Gasteiger partial charge on any atom is -0.355 e. The van der Waals surface area contributed by atoms with Crippen LogP contribution in [-0.2, 0) is 4.79 Å². The molecule has 0 radical (unpaired) electrons. The molecule has 2 heterocycles. The summed E-state index contributed by atoms with van der Waals surface area (Å²) < 4.78 is 0. The van der Waals surface area contributed by atoms with Crippen LogP contribution in [0.15, 0.2) is 0 Å². The van der Waals surface area contributed by atoms with Crippen molar-refractivity contribution >= 4 is 5.91 Å². The molecule has 0 aromatic heterocycles. The summed E-state index contributed by atoms with van der Waals surface area (Å²) >= 11 is 0. The monoisotopic (exact) mass is 254 g/mol.